The van der Waals surface area contributed by atoms with E-state index in [0.29, 0.717) is 5.92 Å². The van der Waals surface area contributed by atoms with Gasteiger partial charge in [0.2, 0.25) is 5.88 Å². The van der Waals surface area contributed by atoms with Gasteiger partial charge in [-0.2, -0.15) is 0 Å². The number of fused-ring (bicyclic) bond motifs is 12. The van der Waals surface area contributed by atoms with Crippen molar-refractivity contribution in [1.29, 1.82) is 0 Å². The Bertz CT molecular complexity index is 2650. The first-order valence-electron chi connectivity index (χ1n) is 17.6. The molecule has 2 N–H and O–H groups in total. The first-order valence-corrected chi connectivity index (χ1v) is 17.6. The summed E-state index contributed by atoms with van der Waals surface area (Å²) in [5, 5.41) is 15.8. The summed E-state index contributed by atoms with van der Waals surface area (Å²) >= 11 is 0. The van der Waals surface area contributed by atoms with Gasteiger partial charge in [-0.05, 0) is 62.9 Å². The third-order valence-corrected chi connectivity index (χ3v) is 11.5. The summed E-state index contributed by atoms with van der Waals surface area (Å²) in [6.07, 6.45) is 17.0. The smallest absolute Gasteiger partial charge is 0.218 e. The lowest BCUT2D eigenvalue weighted by Gasteiger charge is -2.42. The Labute approximate surface area is 284 Å². The molecule has 5 atom stereocenters. The zero-order valence-corrected chi connectivity index (χ0v) is 27.2. The van der Waals surface area contributed by atoms with Gasteiger partial charge in [-0.1, -0.05) is 128 Å². The highest BCUT2D eigenvalue weighted by Crippen LogP contribution is 2.52. The van der Waals surface area contributed by atoms with E-state index in [4.69, 9.17) is 4.42 Å². The van der Waals surface area contributed by atoms with Crippen LogP contribution in [0.1, 0.15) is 53.8 Å². The van der Waals surface area contributed by atoms with Crippen LogP contribution in [0.25, 0.3) is 55.5 Å². The van der Waals surface area contributed by atoms with Crippen LogP contribution in [0.15, 0.2) is 137 Å². The normalized spacial score (nSPS) is 23.5. The lowest BCUT2D eigenvalue weighted by atomic mass is 9.70. The van der Waals surface area contributed by atoms with Crippen molar-refractivity contribution in [1.82, 2.24) is 4.57 Å². The summed E-state index contributed by atoms with van der Waals surface area (Å²) in [7, 11) is 0. The van der Waals surface area contributed by atoms with E-state index in [2.05, 4.69) is 162 Å². The molecule has 11 rings (SSSR count). The van der Waals surface area contributed by atoms with Gasteiger partial charge in [0, 0.05) is 34.1 Å². The van der Waals surface area contributed by atoms with Crippen LogP contribution in [-0.2, 0) is 0 Å². The largest absolute Gasteiger partial charge is 0.442 e. The Morgan fingerprint density at radius 2 is 1.51 bits per heavy atom. The summed E-state index contributed by atoms with van der Waals surface area (Å²) in [5.74, 6) is 2.74. The fourth-order valence-electron chi connectivity index (χ4n) is 9.21. The number of nitrogens with one attached hydrogen (secondary N) is 2. The SMILES string of the molecule is CC1CC=Cc2c1oc1c2NC(C2=Cc3ccccc3C3C=CC=CC23)C(n2c3cc4ccccc4cc3c3c4ccccc4ccc32)N1. The average Bonchev–Trinajstić information content (AvgIpc) is 3.68. The molecule has 0 saturated carbocycles. The van der Waals surface area contributed by atoms with Crippen LogP contribution in [0.5, 0.6) is 0 Å². The molecule has 5 aromatic carbocycles. The molecule has 0 spiro atoms. The molecule has 4 nitrogen and oxygen atoms in total. The highest BCUT2D eigenvalue weighted by molar-refractivity contribution is 6.22. The number of hydrogen-bond acceptors (Lipinski definition) is 3. The summed E-state index contributed by atoms with van der Waals surface area (Å²) in [6, 6.07) is 35.8. The van der Waals surface area contributed by atoms with Gasteiger partial charge in [-0.3, -0.25) is 0 Å². The second-order valence-electron chi connectivity index (χ2n) is 14.2. The van der Waals surface area contributed by atoms with E-state index in [9.17, 15) is 0 Å². The molecule has 49 heavy (non-hydrogen) atoms. The Kier molecular flexibility index (Phi) is 5.63. The van der Waals surface area contributed by atoms with Crippen LogP contribution < -0.4 is 10.6 Å². The zero-order chi connectivity index (χ0) is 32.2. The quantitative estimate of drug-likeness (QED) is 0.199. The van der Waals surface area contributed by atoms with Crippen molar-refractivity contribution in [2.24, 2.45) is 5.92 Å². The molecule has 4 heteroatoms. The van der Waals surface area contributed by atoms with Gasteiger partial charge in [0.15, 0.2) is 0 Å². The van der Waals surface area contributed by atoms with Crippen molar-refractivity contribution in [3.05, 3.63) is 155 Å². The van der Waals surface area contributed by atoms with E-state index in [0.717, 1.165) is 23.8 Å². The van der Waals surface area contributed by atoms with Crippen molar-refractivity contribution in [2.75, 3.05) is 10.6 Å². The Morgan fingerprint density at radius 1 is 0.735 bits per heavy atom. The molecule has 4 aliphatic rings. The Balaban J connectivity index is 1.22. The minimum absolute atomic E-state index is 0.0615. The number of allylic oxidation sites excluding steroid dienone is 5. The molecule has 5 unspecified atom stereocenters. The number of benzene rings is 5. The second kappa shape index (κ2) is 10.1. The summed E-state index contributed by atoms with van der Waals surface area (Å²) < 4.78 is 9.31. The third kappa shape index (κ3) is 3.86. The molecule has 236 valence electrons. The number of furan rings is 1. The molecule has 0 bridgehead atoms. The zero-order valence-electron chi connectivity index (χ0n) is 27.2. The average molecular weight is 634 g/mol. The van der Waals surface area contributed by atoms with Gasteiger partial charge >= 0.3 is 0 Å². The van der Waals surface area contributed by atoms with E-state index in [1.54, 1.807) is 0 Å². The number of hydrogen-bond donors (Lipinski definition) is 2. The Hall–Kier alpha value is -5.74. The van der Waals surface area contributed by atoms with Crippen LogP contribution in [-0.4, -0.2) is 10.6 Å². The maximum atomic E-state index is 6.75. The number of anilines is 2. The fraction of sp³-hybridized carbons (Fsp3) is 0.156. The highest BCUT2D eigenvalue weighted by atomic mass is 16.4. The van der Waals surface area contributed by atoms with Crippen molar-refractivity contribution in [2.45, 2.75) is 37.4 Å². The standard InChI is InChI=1S/C45H35N3O/c1-26-11-10-20-35-42-45(49-43(26)35)47-44(41(46-42)36-24-30-15-5-6-16-31(30)33-18-8-9-19-34(33)36)48-38-22-21-27-12-4-7-17-32(27)40(38)37-23-28-13-2-3-14-29(28)25-39(37)48/h2-10,12-26,33-34,41,44,46-47H,11H2,1H3. The third-order valence-electron chi connectivity index (χ3n) is 11.5. The first kappa shape index (κ1) is 27.2. The van der Waals surface area contributed by atoms with Gasteiger partial charge in [0.05, 0.1) is 17.1 Å². The minimum atomic E-state index is -0.168. The van der Waals surface area contributed by atoms with Gasteiger partial charge in [0.1, 0.15) is 17.6 Å². The lowest BCUT2D eigenvalue weighted by Crippen LogP contribution is -2.43. The lowest BCUT2D eigenvalue weighted by molar-refractivity contribution is 0.443. The molecule has 0 fully saturated rings. The van der Waals surface area contributed by atoms with Crippen molar-refractivity contribution >= 4 is 67.1 Å². The van der Waals surface area contributed by atoms with E-state index in [-0.39, 0.29) is 24.0 Å². The van der Waals surface area contributed by atoms with Crippen molar-refractivity contribution in [3.8, 4) is 0 Å². The molecular weight excluding hydrogens is 599 g/mol. The summed E-state index contributed by atoms with van der Waals surface area (Å²) in [5.41, 5.74) is 8.76. The molecule has 3 heterocycles. The fourth-order valence-corrected chi connectivity index (χ4v) is 9.21. The minimum Gasteiger partial charge on any atom is -0.442 e. The van der Waals surface area contributed by atoms with E-state index >= 15 is 0 Å². The number of nitrogens with zero attached hydrogens (tertiary/aromatic N) is 1. The van der Waals surface area contributed by atoms with Crippen LogP contribution in [0.4, 0.5) is 11.6 Å². The highest BCUT2D eigenvalue weighted by Gasteiger charge is 2.42. The monoisotopic (exact) mass is 633 g/mol. The van der Waals surface area contributed by atoms with E-state index in [1.165, 1.54) is 65.6 Å². The van der Waals surface area contributed by atoms with Crippen LogP contribution in [0.3, 0.4) is 0 Å². The predicted molar refractivity (Wildman–Crippen MR) is 204 cm³/mol. The maximum absolute atomic E-state index is 6.75. The number of aromatic nitrogens is 1. The number of rotatable bonds is 2. The van der Waals surface area contributed by atoms with Gasteiger partial charge < -0.3 is 19.6 Å². The molecule has 0 saturated heterocycles. The second-order valence-corrected chi connectivity index (χ2v) is 14.2. The van der Waals surface area contributed by atoms with E-state index in [1.807, 2.05) is 0 Å². The first-order chi connectivity index (χ1) is 24.2. The van der Waals surface area contributed by atoms with Crippen LogP contribution in [0.2, 0.25) is 0 Å². The molecule has 3 aliphatic carbocycles. The molecule has 0 amide bonds. The van der Waals surface area contributed by atoms with Crippen molar-refractivity contribution < 1.29 is 4.42 Å². The molecular formula is C45H35N3O. The molecule has 2 aromatic heterocycles. The van der Waals surface area contributed by atoms with Crippen LogP contribution >= 0.6 is 0 Å². The maximum Gasteiger partial charge on any atom is 0.218 e. The van der Waals surface area contributed by atoms with Crippen molar-refractivity contribution in [3.63, 3.8) is 0 Å². The van der Waals surface area contributed by atoms with Gasteiger partial charge in [-0.25, -0.2) is 0 Å². The van der Waals surface area contributed by atoms with E-state index < -0.39 is 0 Å². The van der Waals surface area contributed by atoms with Gasteiger partial charge in [0.25, 0.3) is 0 Å². The van der Waals surface area contributed by atoms with Gasteiger partial charge in [-0.15, -0.1) is 0 Å². The Morgan fingerprint density at radius 3 is 2.41 bits per heavy atom. The van der Waals surface area contributed by atoms with Crippen LogP contribution in [0, 0.1) is 5.92 Å². The summed E-state index contributed by atoms with van der Waals surface area (Å²) in [6.45, 7) is 2.26. The predicted octanol–water partition coefficient (Wildman–Crippen LogP) is 11.5. The molecule has 7 aromatic rings. The molecule has 1 aliphatic heterocycles. The summed E-state index contributed by atoms with van der Waals surface area (Å²) in [4.78, 5) is 0. The molecule has 0 radical (unpaired) electrons. The topological polar surface area (TPSA) is 42.1 Å².